The van der Waals surface area contributed by atoms with Crippen LogP contribution in [0.25, 0.3) is 0 Å². The standard InChI is InChI=1S/C5H10O2/c1-3-5(4-6)7-2/h3,6H,4H2,1-2H3. The third kappa shape index (κ3) is 2.23. The average molecular weight is 102 g/mol. The average Bonchev–Trinajstić information content (AvgIpc) is 1.72. The molecular weight excluding hydrogens is 92.1 g/mol. The van der Waals surface area contributed by atoms with E-state index in [-0.39, 0.29) is 6.61 Å². The minimum Gasteiger partial charge on any atom is -0.499 e. The molecule has 2 nitrogen and oxygen atoms in total. The van der Waals surface area contributed by atoms with Crippen LogP contribution in [0.5, 0.6) is 0 Å². The van der Waals surface area contributed by atoms with E-state index in [1.54, 1.807) is 6.08 Å². The zero-order valence-electron chi connectivity index (χ0n) is 4.64. The molecule has 0 aromatic rings. The quantitative estimate of drug-likeness (QED) is 0.515. The van der Waals surface area contributed by atoms with Crippen molar-refractivity contribution in [3.8, 4) is 0 Å². The summed E-state index contributed by atoms with van der Waals surface area (Å²) in [6.45, 7) is 1.81. The summed E-state index contributed by atoms with van der Waals surface area (Å²) in [5, 5.41) is 8.33. The van der Waals surface area contributed by atoms with E-state index < -0.39 is 0 Å². The molecule has 0 spiro atoms. The molecule has 0 amide bonds. The smallest absolute Gasteiger partial charge is 0.117 e. The number of hydrogen-bond acceptors (Lipinski definition) is 2. The highest BCUT2D eigenvalue weighted by Crippen LogP contribution is 1.89. The van der Waals surface area contributed by atoms with Crippen molar-refractivity contribution in [2.45, 2.75) is 6.92 Å². The molecule has 7 heavy (non-hydrogen) atoms. The van der Waals surface area contributed by atoms with E-state index in [9.17, 15) is 0 Å². The number of ether oxygens (including phenoxy) is 1. The molecule has 0 aromatic carbocycles. The van der Waals surface area contributed by atoms with Crippen LogP contribution in [0.15, 0.2) is 11.8 Å². The highest BCUT2D eigenvalue weighted by molar-refractivity contribution is 4.88. The van der Waals surface area contributed by atoms with Gasteiger partial charge in [0.15, 0.2) is 0 Å². The highest BCUT2D eigenvalue weighted by atomic mass is 16.5. The van der Waals surface area contributed by atoms with Crippen LogP contribution in [0.3, 0.4) is 0 Å². The molecule has 0 unspecified atom stereocenters. The Labute approximate surface area is 43.4 Å². The number of methoxy groups -OCH3 is 1. The largest absolute Gasteiger partial charge is 0.499 e. The number of aliphatic hydroxyl groups is 1. The lowest BCUT2D eigenvalue weighted by Crippen LogP contribution is -1.90. The fraction of sp³-hybridized carbons (Fsp3) is 0.600. The van der Waals surface area contributed by atoms with Gasteiger partial charge >= 0.3 is 0 Å². The first-order valence-corrected chi connectivity index (χ1v) is 2.15. The molecule has 2 heteroatoms. The van der Waals surface area contributed by atoms with Gasteiger partial charge in [0.2, 0.25) is 0 Å². The Morgan fingerprint density at radius 1 is 1.86 bits per heavy atom. The van der Waals surface area contributed by atoms with Crippen LogP contribution >= 0.6 is 0 Å². The number of rotatable bonds is 2. The molecule has 1 N–H and O–H groups in total. The summed E-state index contributed by atoms with van der Waals surface area (Å²) in [6, 6.07) is 0. The van der Waals surface area contributed by atoms with Gasteiger partial charge in [-0.15, -0.1) is 0 Å². The van der Waals surface area contributed by atoms with Gasteiger partial charge in [0, 0.05) is 0 Å². The summed E-state index contributed by atoms with van der Waals surface area (Å²) >= 11 is 0. The lowest BCUT2D eigenvalue weighted by atomic mass is 10.5. The number of allylic oxidation sites excluding steroid dienone is 1. The first-order chi connectivity index (χ1) is 3.35. The molecule has 0 rings (SSSR count). The fourth-order valence-electron chi connectivity index (χ4n) is 0.274. The SMILES string of the molecule is CC=C(CO)OC. The van der Waals surface area contributed by atoms with Gasteiger partial charge < -0.3 is 9.84 Å². The zero-order valence-corrected chi connectivity index (χ0v) is 4.64. The summed E-state index contributed by atoms with van der Waals surface area (Å²) in [7, 11) is 1.53. The summed E-state index contributed by atoms with van der Waals surface area (Å²) in [5.41, 5.74) is 0. The van der Waals surface area contributed by atoms with E-state index in [2.05, 4.69) is 4.74 Å². The van der Waals surface area contributed by atoms with Gasteiger partial charge in [-0.2, -0.15) is 0 Å². The minimum atomic E-state index is -0.00694. The van der Waals surface area contributed by atoms with Crippen LogP contribution in [0.4, 0.5) is 0 Å². The van der Waals surface area contributed by atoms with Gasteiger partial charge in [-0.05, 0) is 13.0 Å². The van der Waals surface area contributed by atoms with Crippen LogP contribution in [-0.4, -0.2) is 18.8 Å². The van der Waals surface area contributed by atoms with Gasteiger partial charge in [-0.1, -0.05) is 0 Å². The predicted molar refractivity (Wildman–Crippen MR) is 27.9 cm³/mol. The van der Waals surface area contributed by atoms with E-state index in [1.807, 2.05) is 6.92 Å². The second-order valence-electron chi connectivity index (χ2n) is 1.12. The van der Waals surface area contributed by atoms with Crippen LogP contribution in [0.2, 0.25) is 0 Å². The Bertz CT molecular complexity index is 60.5. The fourth-order valence-corrected chi connectivity index (χ4v) is 0.274. The van der Waals surface area contributed by atoms with Crippen molar-refractivity contribution in [3.05, 3.63) is 11.8 Å². The number of hydrogen-bond donors (Lipinski definition) is 1. The summed E-state index contributed by atoms with van der Waals surface area (Å²) in [6.07, 6.45) is 1.72. The molecule has 0 bridgehead atoms. The molecule has 42 valence electrons. The van der Waals surface area contributed by atoms with Crippen LogP contribution in [0, 0.1) is 0 Å². The first kappa shape index (κ1) is 6.50. The van der Waals surface area contributed by atoms with Crippen molar-refractivity contribution in [2.75, 3.05) is 13.7 Å². The maximum Gasteiger partial charge on any atom is 0.117 e. The lowest BCUT2D eigenvalue weighted by Gasteiger charge is -1.96. The van der Waals surface area contributed by atoms with E-state index in [1.165, 1.54) is 7.11 Å². The Balaban J connectivity index is 3.38. The Hall–Kier alpha value is -0.500. The van der Waals surface area contributed by atoms with Crippen molar-refractivity contribution in [1.82, 2.24) is 0 Å². The molecule has 0 saturated carbocycles. The molecule has 0 atom stereocenters. The minimum absolute atomic E-state index is 0.00694. The highest BCUT2D eigenvalue weighted by Gasteiger charge is 1.84. The molecule has 0 aliphatic heterocycles. The van der Waals surface area contributed by atoms with Gasteiger partial charge in [0.05, 0.1) is 7.11 Å². The van der Waals surface area contributed by atoms with E-state index in [0.717, 1.165) is 0 Å². The first-order valence-electron chi connectivity index (χ1n) is 2.15. The van der Waals surface area contributed by atoms with Crippen molar-refractivity contribution in [2.24, 2.45) is 0 Å². The Kier molecular flexibility index (Phi) is 3.42. The van der Waals surface area contributed by atoms with Crippen molar-refractivity contribution < 1.29 is 9.84 Å². The maximum atomic E-state index is 8.33. The van der Waals surface area contributed by atoms with E-state index in [0.29, 0.717) is 5.76 Å². The Morgan fingerprint density at radius 3 is 2.43 bits per heavy atom. The summed E-state index contributed by atoms with van der Waals surface area (Å²) in [4.78, 5) is 0. The second kappa shape index (κ2) is 3.68. The van der Waals surface area contributed by atoms with Gasteiger partial charge in [-0.3, -0.25) is 0 Å². The molecule has 0 aliphatic rings. The molecular formula is C5H10O2. The lowest BCUT2D eigenvalue weighted by molar-refractivity contribution is 0.206. The van der Waals surface area contributed by atoms with Crippen molar-refractivity contribution >= 4 is 0 Å². The number of aliphatic hydroxyl groups excluding tert-OH is 1. The zero-order chi connectivity index (χ0) is 5.70. The van der Waals surface area contributed by atoms with Gasteiger partial charge in [0.25, 0.3) is 0 Å². The predicted octanol–water partition coefficient (Wildman–Crippen LogP) is 0.529. The maximum absolute atomic E-state index is 8.33. The third-order valence-corrected chi connectivity index (χ3v) is 0.740. The van der Waals surface area contributed by atoms with Gasteiger partial charge in [0.1, 0.15) is 12.4 Å². The molecule has 0 radical (unpaired) electrons. The van der Waals surface area contributed by atoms with E-state index >= 15 is 0 Å². The van der Waals surface area contributed by atoms with Gasteiger partial charge in [-0.25, -0.2) is 0 Å². The van der Waals surface area contributed by atoms with Crippen LogP contribution < -0.4 is 0 Å². The Morgan fingerprint density at radius 2 is 2.43 bits per heavy atom. The topological polar surface area (TPSA) is 29.5 Å². The third-order valence-electron chi connectivity index (χ3n) is 0.740. The molecule has 0 aliphatic carbocycles. The van der Waals surface area contributed by atoms with Crippen LogP contribution in [-0.2, 0) is 4.74 Å². The molecule has 0 fully saturated rings. The van der Waals surface area contributed by atoms with E-state index in [4.69, 9.17) is 5.11 Å². The van der Waals surface area contributed by atoms with Crippen molar-refractivity contribution in [1.29, 1.82) is 0 Å². The van der Waals surface area contributed by atoms with Crippen LogP contribution in [0.1, 0.15) is 6.92 Å². The summed E-state index contributed by atoms with van der Waals surface area (Å²) < 4.78 is 4.66. The summed E-state index contributed by atoms with van der Waals surface area (Å²) in [5.74, 6) is 0.611. The normalized spacial score (nSPS) is 11.6. The molecule has 0 aromatic heterocycles. The molecule has 0 heterocycles. The van der Waals surface area contributed by atoms with Crippen molar-refractivity contribution in [3.63, 3.8) is 0 Å². The second-order valence-corrected chi connectivity index (χ2v) is 1.12. The molecule has 0 saturated heterocycles. The monoisotopic (exact) mass is 102 g/mol.